The summed E-state index contributed by atoms with van der Waals surface area (Å²) in [6.07, 6.45) is 5.26. The van der Waals surface area contributed by atoms with Gasteiger partial charge in [-0.15, -0.1) is 0 Å². The molecule has 5 N–H and O–H groups in total. The van der Waals surface area contributed by atoms with E-state index in [2.05, 4.69) is 24.6 Å². The van der Waals surface area contributed by atoms with Gasteiger partial charge in [0.1, 0.15) is 11.6 Å². The van der Waals surface area contributed by atoms with E-state index in [4.69, 9.17) is 26.2 Å². The molecule has 3 aromatic rings. The topological polar surface area (TPSA) is 141 Å². The van der Waals surface area contributed by atoms with Crippen LogP contribution in [0.2, 0.25) is 0 Å². The van der Waals surface area contributed by atoms with Gasteiger partial charge >= 0.3 is 0 Å². The van der Waals surface area contributed by atoms with E-state index in [-0.39, 0.29) is 11.8 Å². The first-order valence-corrected chi connectivity index (χ1v) is 10.2. The smallest absolute Gasteiger partial charge is 0.226 e. The first-order valence-electron chi connectivity index (χ1n) is 9.00. The van der Waals surface area contributed by atoms with Crippen molar-refractivity contribution in [3.8, 4) is 22.5 Å². The molecule has 3 aromatic heterocycles. The predicted octanol–water partition coefficient (Wildman–Crippen LogP) is 1.69. The number of anilines is 4. The van der Waals surface area contributed by atoms with E-state index in [9.17, 15) is 0 Å². The number of rotatable bonds is 5. The summed E-state index contributed by atoms with van der Waals surface area (Å²) >= 11 is 1.46. The van der Waals surface area contributed by atoms with Crippen molar-refractivity contribution in [3.63, 3.8) is 0 Å². The summed E-state index contributed by atoms with van der Waals surface area (Å²) in [4.78, 5) is 24.2. The Morgan fingerprint density at radius 2 is 1.83 bits per heavy atom. The van der Waals surface area contributed by atoms with Crippen LogP contribution in [-0.2, 0) is 4.74 Å². The van der Waals surface area contributed by atoms with Crippen molar-refractivity contribution in [1.82, 2.24) is 24.9 Å². The summed E-state index contributed by atoms with van der Waals surface area (Å²) in [6, 6.07) is 5.69. The van der Waals surface area contributed by atoms with Crippen LogP contribution in [0, 0.1) is 0 Å². The highest BCUT2D eigenvalue weighted by Crippen LogP contribution is 2.32. The van der Waals surface area contributed by atoms with Crippen LogP contribution in [0.3, 0.4) is 0 Å². The first-order chi connectivity index (χ1) is 14.2. The van der Waals surface area contributed by atoms with Crippen molar-refractivity contribution in [2.75, 3.05) is 53.6 Å². The van der Waals surface area contributed by atoms with E-state index in [1.807, 2.05) is 24.5 Å². The molecule has 0 saturated carbocycles. The lowest BCUT2D eigenvalue weighted by Gasteiger charge is -2.27. The van der Waals surface area contributed by atoms with Gasteiger partial charge in [0.15, 0.2) is 0 Å². The van der Waals surface area contributed by atoms with E-state index in [0.717, 1.165) is 17.1 Å². The number of aromatic nitrogens is 5. The van der Waals surface area contributed by atoms with Gasteiger partial charge in [0.2, 0.25) is 11.9 Å². The Hall–Kier alpha value is -3.18. The quantitative estimate of drug-likeness (QED) is 0.528. The van der Waals surface area contributed by atoms with E-state index in [1.54, 1.807) is 12.4 Å². The lowest BCUT2D eigenvalue weighted by atomic mass is 10.1. The minimum Gasteiger partial charge on any atom is -0.383 e. The van der Waals surface area contributed by atoms with E-state index < -0.39 is 0 Å². The van der Waals surface area contributed by atoms with Gasteiger partial charge in [-0.2, -0.15) is 4.98 Å². The van der Waals surface area contributed by atoms with Crippen LogP contribution in [0.1, 0.15) is 0 Å². The second-order valence-corrected chi connectivity index (χ2v) is 6.88. The Morgan fingerprint density at radius 3 is 2.55 bits per heavy atom. The minimum absolute atomic E-state index is 0.118. The fraction of sp³-hybridized carbons (Fsp3) is 0.278. The highest BCUT2D eigenvalue weighted by molar-refractivity contribution is 7.99. The van der Waals surface area contributed by atoms with Gasteiger partial charge in [0.05, 0.1) is 30.2 Å². The number of nitrogen functional groups attached to an aromatic ring is 2. The summed E-state index contributed by atoms with van der Waals surface area (Å²) in [5, 5.41) is 0. The summed E-state index contributed by atoms with van der Waals surface area (Å²) in [7, 11) is 0. The van der Waals surface area contributed by atoms with Gasteiger partial charge in [-0.3, -0.25) is 0 Å². The highest BCUT2D eigenvalue weighted by atomic mass is 32.2. The monoisotopic (exact) mass is 411 g/mol. The van der Waals surface area contributed by atoms with Gasteiger partial charge in [-0.05, 0) is 18.2 Å². The number of morpholine rings is 1. The molecule has 1 fully saturated rings. The molecule has 0 atom stereocenters. The van der Waals surface area contributed by atoms with Crippen LogP contribution in [-0.4, -0.2) is 57.5 Å². The first kappa shape index (κ1) is 19.2. The molecule has 0 spiro atoms. The molecule has 0 aliphatic carbocycles. The third-order valence-corrected chi connectivity index (χ3v) is 4.80. The number of nitrogens with one attached hydrogen (secondary N) is 1. The lowest BCUT2D eigenvalue weighted by molar-refractivity contribution is 0.122. The molecule has 0 amide bonds. The molecule has 0 bridgehead atoms. The van der Waals surface area contributed by atoms with Crippen LogP contribution in [0.15, 0.2) is 30.6 Å². The number of hydrogen-bond acceptors (Lipinski definition) is 11. The summed E-state index contributed by atoms with van der Waals surface area (Å²) in [5.41, 5.74) is 14.5. The molecule has 0 unspecified atom stereocenters. The molecule has 0 radical (unpaired) electrons. The van der Waals surface area contributed by atoms with Crippen LogP contribution in [0.4, 0.5) is 23.5 Å². The zero-order chi connectivity index (χ0) is 20.2. The summed E-state index contributed by atoms with van der Waals surface area (Å²) in [6.45, 7) is 2.67. The average molecular weight is 411 g/mol. The fourth-order valence-electron chi connectivity index (χ4n) is 3.01. The molecular formula is C18H21N9OS. The Labute approximate surface area is 172 Å². The minimum atomic E-state index is 0.118. The molecule has 29 heavy (non-hydrogen) atoms. The molecule has 1 saturated heterocycles. The molecule has 1 aliphatic heterocycles. The van der Waals surface area contributed by atoms with Crippen LogP contribution < -0.4 is 21.1 Å². The number of ether oxygens (including phenoxy) is 1. The largest absolute Gasteiger partial charge is 0.383 e. The van der Waals surface area contributed by atoms with Crippen LogP contribution >= 0.6 is 11.9 Å². The lowest BCUT2D eigenvalue weighted by Crippen LogP contribution is -2.37. The Kier molecular flexibility index (Phi) is 5.58. The third kappa shape index (κ3) is 4.15. The second kappa shape index (κ2) is 8.45. The number of nitrogens with zero attached hydrogens (tertiary/aromatic N) is 6. The zero-order valence-corrected chi connectivity index (χ0v) is 16.7. The molecule has 10 nitrogen and oxygen atoms in total. The van der Waals surface area contributed by atoms with E-state index in [0.29, 0.717) is 43.5 Å². The van der Waals surface area contributed by atoms with Crippen LogP contribution in [0.5, 0.6) is 0 Å². The van der Waals surface area contributed by atoms with Gasteiger partial charge < -0.3 is 25.8 Å². The highest BCUT2D eigenvalue weighted by Gasteiger charge is 2.19. The zero-order valence-electron chi connectivity index (χ0n) is 15.9. The predicted molar refractivity (Wildman–Crippen MR) is 115 cm³/mol. The van der Waals surface area contributed by atoms with Crippen molar-refractivity contribution in [2.24, 2.45) is 0 Å². The van der Waals surface area contributed by atoms with E-state index >= 15 is 0 Å². The molecule has 1 aliphatic rings. The van der Waals surface area contributed by atoms with E-state index in [1.165, 1.54) is 11.9 Å². The number of pyridine rings is 1. The van der Waals surface area contributed by atoms with Crippen molar-refractivity contribution in [3.05, 3.63) is 30.6 Å². The fourth-order valence-corrected chi connectivity index (χ4v) is 3.37. The van der Waals surface area contributed by atoms with Crippen molar-refractivity contribution < 1.29 is 4.74 Å². The molecule has 4 heterocycles. The maximum absolute atomic E-state index is 6.10. The number of nitrogens with two attached hydrogens (primary N) is 2. The Bertz CT molecular complexity index is 1010. The standard InChI is InChI=1S/C18H21N9OS/c1-29-26-16-11(3-2-4-21-16)13-9-14(12-10-22-17(20)25-15(12)19)24-18(23-13)27-5-7-28-8-6-27/h2-4,9-10H,5-8H2,1H3,(H,21,26)(H4,19,20,22,25). The van der Waals surface area contributed by atoms with Crippen molar-refractivity contribution in [1.29, 1.82) is 0 Å². The van der Waals surface area contributed by atoms with Crippen molar-refractivity contribution in [2.45, 2.75) is 0 Å². The normalized spacial score (nSPS) is 14.0. The molecule has 0 aromatic carbocycles. The third-order valence-electron chi connectivity index (χ3n) is 4.40. The van der Waals surface area contributed by atoms with Gasteiger partial charge in [-0.25, -0.2) is 19.9 Å². The number of hydrogen-bond donors (Lipinski definition) is 3. The Morgan fingerprint density at radius 1 is 1.07 bits per heavy atom. The van der Waals surface area contributed by atoms with Gasteiger partial charge in [0, 0.05) is 37.3 Å². The maximum atomic E-state index is 6.10. The molecular weight excluding hydrogens is 390 g/mol. The molecule has 4 rings (SSSR count). The summed E-state index contributed by atoms with van der Waals surface area (Å²) < 4.78 is 8.66. The molecule has 150 valence electrons. The Balaban J connectivity index is 1.86. The van der Waals surface area contributed by atoms with Crippen LogP contribution in [0.25, 0.3) is 22.5 Å². The van der Waals surface area contributed by atoms with Gasteiger partial charge in [0.25, 0.3) is 0 Å². The SMILES string of the molecule is CSNc1ncccc1-c1cc(-c2cnc(N)nc2N)nc(N2CCOCC2)n1. The average Bonchev–Trinajstić information content (AvgIpc) is 2.75. The maximum Gasteiger partial charge on any atom is 0.226 e. The van der Waals surface area contributed by atoms with Gasteiger partial charge in [-0.1, -0.05) is 11.9 Å². The van der Waals surface area contributed by atoms with Crippen molar-refractivity contribution >= 4 is 35.5 Å². The molecule has 11 heteroatoms. The second-order valence-electron chi connectivity index (χ2n) is 6.27. The summed E-state index contributed by atoms with van der Waals surface area (Å²) in [5.74, 6) is 1.70.